The molecule has 1 fully saturated rings. The van der Waals surface area contributed by atoms with Gasteiger partial charge in [0.15, 0.2) is 5.76 Å². The van der Waals surface area contributed by atoms with Gasteiger partial charge in [-0.1, -0.05) is 0 Å². The smallest absolute Gasteiger partial charge is 0.284 e. The molecular formula is C17H23N3O2. The van der Waals surface area contributed by atoms with Crippen molar-refractivity contribution in [3.63, 3.8) is 0 Å². The van der Waals surface area contributed by atoms with E-state index in [0.717, 1.165) is 37.3 Å². The van der Waals surface area contributed by atoms with E-state index in [-0.39, 0.29) is 11.3 Å². The number of benzene rings is 1. The number of carbonyl (C=O) groups excluding carboxylic acids is 1. The summed E-state index contributed by atoms with van der Waals surface area (Å²) in [4.78, 5) is 16.1. The second kappa shape index (κ2) is 5.32. The zero-order valence-electron chi connectivity index (χ0n) is 13.4. The Morgan fingerprint density at radius 3 is 2.41 bits per heavy atom. The number of carbonyl (C=O) groups is 1. The second-order valence-electron chi connectivity index (χ2n) is 6.84. The summed E-state index contributed by atoms with van der Waals surface area (Å²) in [5.41, 5.74) is 7.35. The molecule has 2 heterocycles. The lowest BCUT2D eigenvalue weighted by Crippen LogP contribution is -2.53. The van der Waals surface area contributed by atoms with Crippen LogP contribution in [0.4, 0.5) is 5.69 Å². The maximum atomic E-state index is 11.2. The normalized spacial score (nSPS) is 17.1. The van der Waals surface area contributed by atoms with Gasteiger partial charge in [0.05, 0.1) is 0 Å². The van der Waals surface area contributed by atoms with Crippen LogP contribution in [0, 0.1) is 0 Å². The highest BCUT2D eigenvalue weighted by atomic mass is 16.3. The fourth-order valence-electron chi connectivity index (χ4n) is 2.98. The summed E-state index contributed by atoms with van der Waals surface area (Å²) in [5.74, 6) is -0.318. The number of nitrogens with two attached hydrogens (primary N) is 1. The summed E-state index contributed by atoms with van der Waals surface area (Å²) < 4.78 is 5.43. The van der Waals surface area contributed by atoms with Gasteiger partial charge in [-0.15, -0.1) is 0 Å². The average Bonchev–Trinajstić information content (AvgIpc) is 2.89. The molecule has 1 aromatic carbocycles. The number of rotatable bonds is 2. The van der Waals surface area contributed by atoms with Gasteiger partial charge in [-0.2, -0.15) is 0 Å². The lowest BCUT2D eigenvalue weighted by Gasteiger charge is -2.43. The molecule has 1 amide bonds. The van der Waals surface area contributed by atoms with Crippen LogP contribution in [-0.2, 0) is 0 Å². The van der Waals surface area contributed by atoms with Gasteiger partial charge >= 0.3 is 0 Å². The SMILES string of the molecule is CC(C)(C)N1CCN(c2ccc3oc(C(N)=O)cc3c2)CC1. The van der Waals surface area contributed by atoms with Gasteiger partial charge in [-0.05, 0) is 45.0 Å². The quantitative estimate of drug-likeness (QED) is 0.925. The maximum absolute atomic E-state index is 11.2. The summed E-state index contributed by atoms with van der Waals surface area (Å²) in [7, 11) is 0. The van der Waals surface area contributed by atoms with Crippen molar-refractivity contribution in [2.75, 3.05) is 31.1 Å². The van der Waals surface area contributed by atoms with Gasteiger partial charge in [-0.25, -0.2) is 0 Å². The molecule has 1 aliphatic heterocycles. The maximum Gasteiger partial charge on any atom is 0.284 e. The lowest BCUT2D eigenvalue weighted by atomic mass is 10.0. The number of hydrogen-bond donors (Lipinski definition) is 1. The monoisotopic (exact) mass is 301 g/mol. The van der Waals surface area contributed by atoms with E-state index in [1.165, 1.54) is 0 Å². The van der Waals surface area contributed by atoms with Crippen molar-refractivity contribution in [1.82, 2.24) is 4.90 Å². The molecule has 118 valence electrons. The molecule has 0 radical (unpaired) electrons. The van der Waals surface area contributed by atoms with Crippen LogP contribution in [-0.4, -0.2) is 42.5 Å². The minimum Gasteiger partial charge on any atom is -0.451 e. The Kier molecular flexibility index (Phi) is 3.60. The average molecular weight is 301 g/mol. The first-order valence-electron chi connectivity index (χ1n) is 7.68. The van der Waals surface area contributed by atoms with Crippen molar-refractivity contribution < 1.29 is 9.21 Å². The Labute approximate surface area is 130 Å². The van der Waals surface area contributed by atoms with Gasteiger partial charge < -0.3 is 15.1 Å². The van der Waals surface area contributed by atoms with Crippen LogP contribution < -0.4 is 10.6 Å². The highest BCUT2D eigenvalue weighted by Crippen LogP contribution is 2.26. The first-order valence-corrected chi connectivity index (χ1v) is 7.68. The van der Waals surface area contributed by atoms with E-state index in [1.807, 2.05) is 12.1 Å². The third kappa shape index (κ3) is 2.81. The largest absolute Gasteiger partial charge is 0.451 e. The van der Waals surface area contributed by atoms with E-state index < -0.39 is 5.91 Å². The fourth-order valence-corrected chi connectivity index (χ4v) is 2.98. The summed E-state index contributed by atoms with van der Waals surface area (Å²) in [6.07, 6.45) is 0. The molecule has 0 saturated carbocycles. The molecular weight excluding hydrogens is 278 g/mol. The Morgan fingerprint density at radius 1 is 1.14 bits per heavy atom. The van der Waals surface area contributed by atoms with Gasteiger partial charge in [0.2, 0.25) is 0 Å². The van der Waals surface area contributed by atoms with E-state index in [9.17, 15) is 4.79 Å². The van der Waals surface area contributed by atoms with Gasteiger partial charge in [-0.3, -0.25) is 9.69 Å². The van der Waals surface area contributed by atoms with E-state index in [1.54, 1.807) is 6.07 Å². The van der Waals surface area contributed by atoms with Crippen LogP contribution in [0.15, 0.2) is 28.7 Å². The van der Waals surface area contributed by atoms with Crippen LogP contribution >= 0.6 is 0 Å². The van der Waals surface area contributed by atoms with Crippen molar-refractivity contribution >= 4 is 22.6 Å². The molecule has 1 aliphatic rings. The molecule has 0 aliphatic carbocycles. The molecule has 0 bridgehead atoms. The topological polar surface area (TPSA) is 62.7 Å². The molecule has 5 heteroatoms. The van der Waals surface area contributed by atoms with Crippen molar-refractivity contribution in [1.29, 1.82) is 0 Å². The van der Waals surface area contributed by atoms with E-state index in [4.69, 9.17) is 10.2 Å². The van der Waals surface area contributed by atoms with Crippen LogP contribution in [0.2, 0.25) is 0 Å². The summed E-state index contributed by atoms with van der Waals surface area (Å²) in [5, 5.41) is 0.921. The van der Waals surface area contributed by atoms with E-state index in [0.29, 0.717) is 5.58 Å². The van der Waals surface area contributed by atoms with Crippen molar-refractivity contribution in [2.45, 2.75) is 26.3 Å². The highest BCUT2D eigenvalue weighted by molar-refractivity contribution is 5.95. The number of fused-ring (bicyclic) bond motifs is 1. The number of amides is 1. The number of hydrogen-bond acceptors (Lipinski definition) is 4. The number of anilines is 1. The van der Waals surface area contributed by atoms with Crippen LogP contribution in [0.5, 0.6) is 0 Å². The molecule has 5 nitrogen and oxygen atoms in total. The van der Waals surface area contributed by atoms with Crippen molar-refractivity contribution in [3.05, 3.63) is 30.0 Å². The number of furan rings is 1. The van der Waals surface area contributed by atoms with Crippen molar-refractivity contribution in [3.8, 4) is 0 Å². The minimum absolute atomic E-state index is 0.213. The molecule has 22 heavy (non-hydrogen) atoms. The summed E-state index contributed by atoms with van der Waals surface area (Å²) in [6, 6.07) is 7.74. The molecule has 1 aromatic heterocycles. The van der Waals surface area contributed by atoms with E-state index >= 15 is 0 Å². The first kappa shape index (κ1) is 14.9. The molecule has 2 N–H and O–H groups in total. The van der Waals surface area contributed by atoms with Gasteiger partial charge in [0, 0.05) is 42.8 Å². The standard InChI is InChI=1S/C17H23N3O2/c1-17(2,3)20-8-6-19(7-9-20)13-4-5-14-12(10-13)11-15(22-14)16(18)21/h4-5,10-11H,6-9H2,1-3H3,(H2,18,21). The molecule has 0 spiro atoms. The number of piperazine rings is 1. The zero-order valence-corrected chi connectivity index (χ0v) is 13.4. The summed E-state index contributed by atoms with van der Waals surface area (Å²) >= 11 is 0. The Bertz CT molecular complexity index is 691. The predicted octanol–water partition coefficient (Wildman–Crippen LogP) is 2.45. The Balaban J connectivity index is 1.78. The van der Waals surface area contributed by atoms with Gasteiger partial charge in [0.1, 0.15) is 5.58 Å². The molecule has 0 atom stereocenters. The number of primary amides is 1. The number of nitrogens with zero attached hydrogens (tertiary/aromatic N) is 2. The fraction of sp³-hybridized carbons (Fsp3) is 0.471. The van der Waals surface area contributed by atoms with Crippen LogP contribution in [0.3, 0.4) is 0 Å². The first-order chi connectivity index (χ1) is 10.3. The molecule has 2 aromatic rings. The second-order valence-corrected chi connectivity index (χ2v) is 6.84. The molecule has 0 unspecified atom stereocenters. The van der Waals surface area contributed by atoms with Crippen LogP contribution in [0.1, 0.15) is 31.3 Å². The predicted molar refractivity (Wildman–Crippen MR) is 88.3 cm³/mol. The van der Waals surface area contributed by atoms with Crippen LogP contribution in [0.25, 0.3) is 11.0 Å². The van der Waals surface area contributed by atoms with Crippen molar-refractivity contribution in [2.24, 2.45) is 5.73 Å². The highest BCUT2D eigenvalue weighted by Gasteiger charge is 2.26. The van der Waals surface area contributed by atoms with E-state index in [2.05, 4.69) is 36.6 Å². The van der Waals surface area contributed by atoms with Gasteiger partial charge in [0.25, 0.3) is 5.91 Å². The Hall–Kier alpha value is -2.01. The third-order valence-electron chi connectivity index (χ3n) is 4.34. The lowest BCUT2D eigenvalue weighted by molar-refractivity contribution is 0.0976. The minimum atomic E-state index is -0.531. The Morgan fingerprint density at radius 2 is 1.82 bits per heavy atom. The summed E-state index contributed by atoms with van der Waals surface area (Å²) in [6.45, 7) is 10.9. The molecule has 1 saturated heterocycles. The molecule has 3 rings (SSSR count). The zero-order chi connectivity index (χ0) is 15.9. The third-order valence-corrected chi connectivity index (χ3v) is 4.34.